The molecule has 35 heavy (non-hydrogen) atoms. The lowest BCUT2D eigenvalue weighted by Crippen LogP contribution is -2.40. The van der Waals surface area contributed by atoms with Crippen LogP contribution in [0.1, 0.15) is 37.6 Å². The van der Waals surface area contributed by atoms with E-state index in [0.717, 1.165) is 25.6 Å². The molecule has 1 aromatic carbocycles. The lowest BCUT2D eigenvalue weighted by atomic mass is 10.1. The van der Waals surface area contributed by atoms with Crippen LogP contribution in [0, 0.1) is 5.82 Å². The minimum absolute atomic E-state index is 0.0612. The molecule has 1 fully saturated rings. The summed E-state index contributed by atoms with van der Waals surface area (Å²) in [4.78, 5) is 51.2. The smallest absolute Gasteiger partial charge is 0.378 e. The quantitative estimate of drug-likeness (QED) is 0.415. The molecular formula is C21H23FN4O9. The first kappa shape index (κ1) is 25.6. The van der Waals surface area contributed by atoms with E-state index in [2.05, 4.69) is 20.1 Å². The maximum absolute atomic E-state index is 13.3. The van der Waals surface area contributed by atoms with Gasteiger partial charge in [0.25, 0.3) is 5.82 Å². The van der Waals surface area contributed by atoms with Crippen LogP contribution in [-0.4, -0.2) is 70.7 Å². The van der Waals surface area contributed by atoms with E-state index in [-0.39, 0.29) is 18.4 Å². The first-order chi connectivity index (χ1) is 16.6. The van der Waals surface area contributed by atoms with Gasteiger partial charge in [-0.15, -0.1) is 5.10 Å². The van der Waals surface area contributed by atoms with Gasteiger partial charge in [0.1, 0.15) is 18.5 Å². The van der Waals surface area contributed by atoms with Crippen molar-refractivity contribution in [3.05, 3.63) is 35.9 Å². The summed E-state index contributed by atoms with van der Waals surface area (Å²) in [6.07, 6.45) is -4.79. The van der Waals surface area contributed by atoms with Gasteiger partial charge in [-0.3, -0.25) is 14.4 Å². The number of nitrogens with one attached hydrogen (secondary N) is 1. The molecule has 1 aliphatic rings. The van der Waals surface area contributed by atoms with Gasteiger partial charge in [-0.2, -0.15) is 9.67 Å². The number of hydrogen-bond acceptors (Lipinski definition) is 12. The van der Waals surface area contributed by atoms with Crippen LogP contribution in [0.15, 0.2) is 24.3 Å². The molecule has 14 heteroatoms. The predicted molar refractivity (Wildman–Crippen MR) is 113 cm³/mol. The van der Waals surface area contributed by atoms with Crippen molar-refractivity contribution >= 4 is 35.5 Å². The van der Waals surface area contributed by atoms with E-state index in [1.807, 2.05) is 0 Å². The fraction of sp³-hybridized carbons (Fsp3) is 0.429. The van der Waals surface area contributed by atoms with Gasteiger partial charge in [-0.1, -0.05) is 0 Å². The van der Waals surface area contributed by atoms with Crippen molar-refractivity contribution in [2.24, 2.45) is 0 Å². The number of carbonyl (C=O) groups is 4. The van der Waals surface area contributed by atoms with E-state index >= 15 is 0 Å². The molecule has 13 nitrogen and oxygen atoms in total. The van der Waals surface area contributed by atoms with E-state index in [9.17, 15) is 23.6 Å². The fourth-order valence-corrected chi connectivity index (χ4v) is 3.32. The summed E-state index contributed by atoms with van der Waals surface area (Å²) in [6.45, 7) is 3.13. The number of esters is 4. The van der Waals surface area contributed by atoms with Crippen LogP contribution in [0.5, 0.6) is 0 Å². The lowest BCUT2D eigenvalue weighted by molar-refractivity contribution is -0.166. The summed E-state index contributed by atoms with van der Waals surface area (Å²) in [5, 5.41) is 6.98. The Hall–Kier alpha value is -4.07. The number of aromatic nitrogens is 3. The van der Waals surface area contributed by atoms with Gasteiger partial charge >= 0.3 is 23.9 Å². The largest absolute Gasteiger partial charge is 0.463 e. The number of anilines is 2. The molecule has 0 aliphatic carbocycles. The molecule has 0 amide bonds. The number of ether oxygens (including phenoxy) is 5. The van der Waals surface area contributed by atoms with Crippen LogP contribution in [0.3, 0.4) is 0 Å². The third-order valence-electron chi connectivity index (χ3n) is 4.68. The average Bonchev–Trinajstić information content (AvgIpc) is 3.34. The number of hydrogen-bond donors (Lipinski definition) is 1. The zero-order valence-corrected chi connectivity index (χ0v) is 19.2. The zero-order valence-electron chi connectivity index (χ0n) is 19.2. The van der Waals surface area contributed by atoms with Crippen molar-refractivity contribution in [2.75, 3.05) is 19.0 Å². The minimum atomic E-state index is -1.28. The second-order valence-electron chi connectivity index (χ2n) is 7.34. The summed E-state index contributed by atoms with van der Waals surface area (Å²) in [5.74, 6) is -3.82. The summed E-state index contributed by atoms with van der Waals surface area (Å²) in [7, 11) is 1.13. The molecule has 0 bridgehead atoms. The van der Waals surface area contributed by atoms with Gasteiger partial charge in [-0.25, -0.2) is 9.18 Å². The Bertz CT molecular complexity index is 1100. The number of methoxy groups -OCH3 is 1. The van der Waals surface area contributed by atoms with Gasteiger partial charge < -0.3 is 29.0 Å². The summed E-state index contributed by atoms with van der Waals surface area (Å²) in [6, 6.07) is 5.22. The summed E-state index contributed by atoms with van der Waals surface area (Å²) in [5.41, 5.74) is 0.381. The molecule has 188 valence electrons. The highest BCUT2D eigenvalue weighted by atomic mass is 19.1. The van der Waals surface area contributed by atoms with Gasteiger partial charge in [0.15, 0.2) is 18.4 Å². The van der Waals surface area contributed by atoms with Gasteiger partial charge in [0.05, 0.1) is 7.11 Å². The molecular weight excluding hydrogens is 471 g/mol. The molecule has 3 rings (SSSR count). The lowest BCUT2D eigenvalue weighted by Gasteiger charge is -2.23. The van der Waals surface area contributed by atoms with Crippen molar-refractivity contribution in [1.29, 1.82) is 0 Å². The third kappa shape index (κ3) is 6.29. The van der Waals surface area contributed by atoms with E-state index in [1.165, 1.54) is 31.2 Å². The van der Waals surface area contributed by atoms with Crippen LogP contribution in [0.4, 0.5) is 16.0 Å². The molecule has 0 spiro atoms. The van der Waals surface area contributed by atoms with Crippen molar-refractivity contribution in [1.82, 2.24) is 14.8 Å². The Morgan fingerprint density at radius 3 is 2.23 bits per heavy atom. The summed E-state index contributed by atoms with van der Waals surface area (Å²) < 4.78 is 40.7. The third-order valence-corrected chi connectivity index (χ3v) is 4.68. The van der Waals surface area contributed by atoms with Crippen molar-refractivity contribution < 1.29 is 47.3 Å². The molecule has 1 aromatic heterocycles. The van der Waals surface area contributed by atoms with Crippen molar-refractivity contribution in [3.8, 4) is 0 Å². The molecule has 4 atom stereocenters. The maximum atomic E-state index is 13.3. The number of benzene rings is 1. The predicted octanol–water partition coefficient (Wildman–Crippen LogP) is 1.27. The van der Waals surface area contributed by atoms with E-state index in [1.54, 1.807) is 0 Å². The Balaban J connectivity index is 2.05. The molecule has 1 N–H and O–H groups in total. The van der Waals surface area contributed by atoms with Crippen LogP contribution in [0.2, 0.25) is 0 Å². The average molecular weight is 494 g/mol. The molecule has 1 aliphatic heterocycles. The second kappa shape index (κ2) is 10.9. The maximum Gasteiger partial charge on any atom is 0.378 e. The van der Waals surface area contributed by atoms with Gasteiger partial charge in [-0.05, 0) is 24.3 Å². The highest BCUT2D eigenvalue weighted by Gasteiger charge is 2.52. The molecule has 0 saturated carbocycles. The minimum Gasteiger partial charge on any atom is -0.463 e. The molecule has 0 unspecified atom stereocenters. The fourth-order valence-electron chi connectivity index (χ4n) is 3.32. The summed E-state index contributed by atoms with van der Waals surface area (Å²) >= 11 is 0. The zero-order chi connectivity index (χ0) is 25.7. The van der Waals surface area contributed by atoms with Gasteiger partial charge in [0.2, 0.25) is 5.95 Å². The first-order valence-electron chi connectivity index (χ1n) is 10.3. The standard InChI is InChI=1S/C21H23FN4O9/c1-10(27)32-9-15-16(33-11(2)28)17(34-12(3)29)19(35-15)26-21(24-18(25-26)20(30)31-4)23-14-7-5-13(22)6-8-14/h5-8,15-17,19H,9H2,1-4H3,(H,23,24,25)/t15-,16-,17-,19-/m1/s1. The number of halogens is 1. The molecule has 1 saturated heterocycles. The van der Waals surface area contributed by atoms with Gasteiger partial charge in [0, 0.05) is 26.5 Å². The molecule has 0 radical (unpaired) electrons. The van der Waals surface area contributed by atoms with Crippen LogP contribution < -0.4 is 5.32 Å². The van der Waals surface area contributed by atoms with Crippen LogP contribution in [0.25, 0.3) is 0 Å². The number of carbonyl (C=O) groups excluding carboxylic acids is 4. The molecule has 2 heterocycles. The number of nitrogens with zero attached hydrogens (tertiary/aromatic N) is 3. The number of rotatable bonds is 8. The monoisotopic (exact) mass is 494 g/mol. The van der Waals surface area contributed by atoms with Crippen molar-refractivity contribution in [2.45, 2.75) is 45.3 Å². The van der Waals surface area contributed by atoms with Crippen LogP contribution in [-0.2, 0) is 38.1 Å². The topological polar surface area (TPSA) is 157 Å². The Labute approximate surface area is 198 Å². The normalized spacial score (nSPS) is 21.2. The van der Waals surface area contributed by atoms with E-state index < -0.39 is 54.2 Å². The highest BCUT2D eigenvalue weighted by Crippen LogP contribution is 2.36. The first-order valence-corrected chi connectivity index (χ1v) is 10.3. The van der Waals surface area contributed by atoms with E-state index in [0.29, 0.717) is 5.69 Å². The van der Waals surface area contributed by atoms with E-state index in [4.69, 9.17) is 18.9 Å². The second-order valence-corrected chi connectivity index (χ2v) is 7.34. The highest BCUT2D eigenvalue weighted by molar-refractivity contribution is 5.85. The Kier molecular flexibility index (Phi) is 7.96. The van der Waals surface area contributed by atoms with Crippen LogP contribution >= 0.6 is 0 Å². The Morgan fingerprint density at radius 2 is 1.66 bits per heavy atom. The molecule has 2 aromatic rings. The Morgan fingerprint density at radius 1 is 1.03 bits per heavy atom. The van der Waals surface area contributed by atoms with Crippen molar-refractivity contribution in [3.63, 3.8) is 0 Å². The SMILES string of the molecule is COC(=O)c1nc(Nc2ccc(F)cc2)n([C@@H]2O[C@H](COC(C)=O)[C@@H](OC(C)=O)[C@H]2OC(C)=O)n1.